The number of hydrogen-bond acceptors (Lipinski definition) is 2. The number of halogens is 3. The molecule has 22 heavy (non-hydrogen) atoms. The van der Waals surface area contributed by atoms with E-state index in [2.05, 4.69) is 10.5 Å². The van der Waals surface area contributed by atoms with Crippen LogP contribution in [0.2, 0.25) is 0 Å². The number of rotatable bonds is 3. The Morgan fingerprint density at radius 1 is 1.09 bits per heavy atom. The molecule has 0 aliphatic heterocycles. The van der Waals surface area contributed by atoms with Crippen molar-refractivity contribution in [3.8, 4) is 0 Å². The summed E-state index contributed by atoms with van der Waals surface area (Å²) in [6.45, 7) is 1.88. The molecular weight excluding hydrogens is 293 g/mol. The lowest BCUT2D eigenvalue weighted by Gasteiger charge is -2.09. The van der Waals surface area contributed by atoms with Crippen LogP contribution in [0.25, 0.3) is 0 Å². The van der Waals surface area contributed by atoms with E-state index in [1.165, 1.54) is 18.2 Å². The lowest BCUT2D eigenvalue weighted by Crippen LogP contribution is -2.18. The van der Waals surface area contributed by atoms with Crippen LogP contribution in [-0.2, 0) is 6.18 Å². The molecule has 0 atom stereocenters. The molecule has 0 aliphatic rings. The smallest absolute Gasteiger partial charge is 0.267 e. The average Bonchev–Trinajstić information content (AvgIpc) is 2.47. The zero-order valence-electron chi connectivity index (χ0n) is 11.7. The van der Waals surface area contributed by atoms with Crippen molar-refractivity contribution in [3.05, 3.63) is 70.8 Å². The van der Waals surface area contributed by atoms with E-state index in [1.54, 1.807) is 24.3 Å². The molecule has 1 amide bonds. The van der Waals surface area contributed by atoms with Crippen molar-refractivity contribution >= 4 is 12.1 Å². The van der Waals surface area contributed by atoms with Crippen LogP contribution in [0.15, 0.2) is 53.6 Å². The van der Waals surface area contributed by atoms with Gasteiger partial charge in [0.05, 0.1) is 11.8 Å². The van der Waals surface area contributed by atoms with Crippen LogP contribution in [0.4, 0.5) is 13.2 Å². The van der Waals surface area contributed by atoms with Crippen molar-refractivity contribution < 1.29 is 18.0 Å². The number of nitrogens with zero attached hydrogens (tertiary/aromatic N) is 1. The van der Waals surface area contributed by atoms with Gasteiger partial charge in [0.1, 0.15) is 0 Å². The van der Waals surface area contributed by atoms with E-state index < -0.39 is 17.6 Å². The molecule has 0 unspecified atom stereocenters. The molecule has 0 spiro atoms. The minimum Gasteiger partial charge on any atom is -0.267 e. The lowest BCUT2D eigenvalue weighted by molar-refractivity contribution is -0.137. The van der Waals surface area contributed by atoms with Gasteiger partial charge in [0.15, 0.2) is 0 Å². The first-order valence-electron chi connectivity index (χ1n) is 6.44. The maximum atomic E-state index is 12.8. The van der Waals surface area contributed by atoms with Gasteiger partial charge in [0.25, 0.3) is 5.91 Å². The summed E-state index contributed by atoms with van der Waals surface area (Å²) in [5, 5.41) is 3.59. The highest BCUT2D eigenvalue weighted by Gasteiger charge is 2.32. The van der Waals surface area contributed by atoms with Gasteiger partial charge in [-0.2, -0.15) is 18.3 Å². The van der Waals surface area contributed by atoms with Gasteiger partial charge < -0.3 is 0 Å². The van der Waals surface area contributed by atoms with Gasteiger partial charge in [-0.15, -0.1) is 0 Å². The number of amides is 1. The zero-order chi connectivity index (χ0) is 16.2. The molecule has 1 N–H and O–H groups in total. The fourth-order valence-electron chi connectivity index (χ4n) is 1.80. The maximum absolute atomic E-state index is 12.8. The number of alkyl halides is 3. The van der Waals surface area contributed by atoms with Gasteiger partial charge in [-0.3, -0.25) is 4.79 Å². The SMILES string of the molecule is Cc1ccc(C(=O)NN=Cc2ccccc2C(F)(F)F)cc1. The summed E-state index contributed by atoms with van der Waals surface area (Å²) in [4.78, 5) is 11.8. The fourth-order valence-corrected chi connectivity index (χ4v) is 1.80. The molecule has 114 valence electrons. The summed E-state index contributed by atoms with van der Waals surface area (Å²) in [6, 6.07) is 11.8. The molecule has 2 rings (SSSR count). The Labute approximate surface area is 125 Å². The van der Waals surface area contributed by atoms with Crippen molar-refractivity contribution in [3.63, 3.8) is 0 Å². The van der Waals surface area contributed by atoms with Gasteiger partial charge in [0.2, 0.25) is 0 Å². The Morgan fingerprint density at radius 2 is 1.73 bits per heavy atom. The van der Waals surface area contributed by atoms with Gasteiger partial charge in [0, 0.05) is 11.1 Å². The summed E-state index contributed by atoms with van der Waals surface area (Å²) in [5.74, 6) is -0.485. The van der Waals surface area contributed by atoms with Crippen LogP contribution in [0.3, 0.4) is 0 Å². The standard InChI is InChI=1S/C16H13F3N2O/c1-11-6-8-12(9-7-11)15(22)21-20-10-13-4-2-3-5-14(13)16(17,18)19/h2-10H,1H3,(H,21,22). The van der Waals surface area contributed by atoms with Crippen LogP contribution in [0.5, 0.6) is 0 Å². The van der Waals surface area contributed by atoms with Crippen LogP contribution < -0.4 is 5.43 Å². The Hall–Kier alpha value is -2.63. The Balaban J connectivity index is 2.10. The Morgan fingerprint density at radius 3 is 2.36 bits per heavy atom. The lowest BCUT2D eigenvalue weighted by atomic mass is 10.1. The largest absolute Gasteiger partial charge is 0.417 e. The number of hydrogen-bond donors (Lipinski definition) is 1. The monoisotopic (exact) mass is 306 g/mol. The van der Waals surface area contributed by atoms with E-state index in [4.69, 9.17) is 0 Å². The average molecular weight is 306 g/mol. The predicted molar refractivity (Wildman–Crippen MR) is 77.7 cm³/mol. The first-order valence-corrected chi connectivity index (χ1v) is 6.44. The van der Waals surface area contributed by atoms with Crippen LogP contribution in [-0.4, -0.2) is 12.1 Å². The third-order valence-corrected chi connectivity index (χ3v) is 2.95. The molecule has 0 saturated heterocycles. The number of carbonyl (C=O) groups excluding carboxylic acids is 1. The fraction of sp³-hybridized carbons (Fsp3) is 0.125. The van der Waals surface area contributed by atoms with Gasteiger partial charge >= 0.3 is 6.18 Å². The minimum atomic E-state index is -4.47. The minimum absolute atomic E-state index is 0.112. The predicted octanol–water partition coefficient (Wildman–Crippen LogP) is 3.78. The second-order valence-electron chi connectivity index (χ2n) is 4.65. The van der Waals surface area contributed by atoms with E-state index in [-0.39, 0.29) is 5.56 Å². The summed E-state index contributed by atoms with van der Waals surface area (Å²) in [6.07, 6.45) is -3.49. The molecule has 0 fully saturated rings. The van der Waals surface area contributed by atoms with Crippen LogP contribution in [0, 0.1) is 6.92 Å². The highest BCUT2D eigenvalue weighted by Crippen LogP contribution is 2.30. The Kier molecular flexibility index (Phi) is 4.60. The van der Waals surface area contributed by atoms with Crippen molar-refractivity contribution in [1.82, 2.24) is 5.43 Å². The van der Waals surface area contributed by atoms with Crippen molar-refractivity contribution in [1.29, 1.82) is 0 Å². The van der Waals surface area contributed by atoms with E-state index in [1.807, 2.05) is 6.92 Å². The highest BCUT2D eigenvalue weighted by molar-refractivity contribution is 5.95. The highest BCUT2D eigenvalue weighted by atomic mass is 19.4. The molecule has 0 bridgehead atoms. The first kappa shape index (κ1) is 15.8. The zero-order valence-corrected chi connectivity index (χ0v) is 11.7. The van der Waals surface area contributed by atoms with E-state index >= 15 is 0 Å². The molecule has 0 aromatic heterocycles. The second-order valence-corrected chi connectivity index (χ2v) is 4.65. The summed E-state index contributed by atoms with van der Waals surface area (Å²) >= 11 is 0. The van der Waals surface area contributed by atoms with E-state index in [0.29, 0.717) is 5.56 Å². The number of hydrazone groups is 1. The van der Waals surface area contributed by atoms with Crippen molar-refractivity contribution in [2.75, 3.05) is 0 Å². The normalized spacial score (nSPS) is 11.6. The first-order chi connectivity index (χ1) is 10.4. The van der Waals surface area contributed by atoms with Crippen LogP contribution >= 0.6 is 0 Å². The van der Waals surface area contributed by atoms with Crippen LogP contribution in [0.1, 0.15) is 27.0 Å². The summed E-state index contributed by atoms with van der Waals surface area (Å²) in [5.41, 5.74) is 2.67. The van der Waals surface area contributed by atoms with E-state index in [9.17, 15) is 18.0 Å². The topological polar surface area (TPSA) is 41.5 Å². The maximum Gasteiger partial charge on any atom is 0.417 e. The van der Waals surface area contributed by atoms with Gasteiger partial charge in [-0.25, -0.2) is 5.43 Å². The summed E-state index contributed by atoms with van der Waals surface area (Å²) < 4.78 is 38.4. The number of benzene rings is 2. The van der Waals surface area contributed by atoms with Crippen molar-refractivity contribution in [2.45, 2.75) is 13.1 Å². The number of carbonyl (C=O) groups is 1. The number of aryl methyl sites for hydroxylation is 1. The molecule has 2 aromatic rings. The number of nitrogens with one attached hydrogen (secondary N) is 1. The molecule has 0 heterocycles. The molecule has 2 aromatic carbocycles. The third kappa shape index (κ3) is 3.94. The second kappa shape index (κ2) is 6.43. The molecule has 3 nitrogen and oxygen atoms in total. The van der Waals surface area contributed by atoms with E-state index in [0.717, 1.165) is 17.8 Å². The van der Waals surface area contributed by atoms with Gasteiger partial charge in [-0.05, 0) is 25.1 Å². The molecule has 6 heteroatoms. The summed E-state index contributed by atoms with van der Waals surface area (Å²) in [7, 11) is 0. The molecule has 0 saturated carbocycles. The van der Waals surface area contributed by atoms with Crippen molar-refractivity contribution in [2.24, 2.45) is 5.10 Å². The van der Waals surface area contributed by atoms with Gasteiger partial charge in [-0.1, -0.05) is 35.9 Å². The third-order valence-electron chi connectivity index (χ3n) is 2.95. The quantitative estimate of drug-likeness (QED) is 0.680. The molecule has 0 radical (unpaired) electrons. The molecule has 0 aliphatic carbocycles. The molecular formula is C16H13F3N2O. The Bertz CT molecular complexity index is 691.